The van der Waals surface area contributed by atoms with E-state index in [0.29, 0.717) is 30.3 Å². The summed E-state index contributed by atoms with van der Waals surface area (Å²) < 4.78 is 24.7. The number of aliphatic hydroxyl groups excluding tert-OH is 1. The molecule has 1 N–H and O–H groups in total. The van der Waals surface area contributed by atoms with Crippen LogP contribution in [0, 0.1) is 5.82 Å². The average Bonchev–Trinajstić information content (AvgIpc) is 2.71. The smallest absolute Gasteiger partial charge is 0.161 e. The van der Waals surface area contributed by atoms with E-state index < -0.39 is 11.9 Å². The van der Waals surface area contributed by atoms with Crippen molar-refractivity contribution < 1.29 is 19.0 Å². The molecule has 104 valence electrons. The minimum absolute atomic E-state index is 0.00184. The van der Waals surface area contributed by atoms with Gasteiger partial charge in [0.05, 0.1) is 13.2 Å². The summed E-state index contributed by atoms with van der Waals surface area (Å²) in [6.45, 7) is 1.16. The quantitative estimate of drug-likeness (QED) is 0.914. The summed E-state index contributed by atoms with van der Waals surface area (Å²) in [5.41, 5.74) is 0.522. The van der Waals surface area contributed by atoms with Gasteiger partial charge in [-0.25, -0.2) is 4.39 Å². The predicted octanol–water partition coefficient (Wildman–Crippen LogP) is 2.46. The first kappa shape index (κ1) is 12.9. The van der Waals surface area contributed by atoms with Gasteiger partial charge in [0.25, 0.3) is 0 Å². The molecule has 1 aromatic carbocycles. The lowest BCUT2D eigenvalue weighted by Gasteiger charge is -2.14. The molecule has 0 radical (unpaired) electrons. The first-order valence-electron chi connectivity index (χ1n) is 6.44. The Labute approximate surface area is 115 Å². The second-order valence-corrected chi connectivity index (χ2v) is 4.53. The van der Waals surface area contributed by atoms with E-state index >= 15 is 0 Å². The van der Waals surface area contributed by atoms with Gasteiger partial charge in [0.15, 0.2) is 11.5 Å². The van der Waals surface area contributed by atoms with Gasteiger partial charge in [0, 0.05) is 12.6 Å². The minimum atomic E-state index is -1.13. The van der Waals surface area contributed by atoms with Gasteiger partial charge in [-0.05, 0) is 29.8 Å². The van der Waals surface area contributed by atoms with Gasteiger partial charge in [0.1, 0.15) is 17.6 Å². The van der Waals surface area contributed by atoms with Crippen LogP contribution in [-0.2, 0) is 0 Å². The fourth-order valence-electron chi connectivity index (χ4n) is 2.11. The average molecular weight is 275 g/mol. The number of aliphatic hydroxyl groups is 1. The first-order chi connectivity index (χ1) is 9.75. The van der Waals surface area contributed by atoms with Gasteiger partial charge >= 0.3 is 0 Å². The summed E-state index contributed by atoms with van der Waals surface area (Å²) in [6.07, 6.45) is 1.12. The number of ether oxygens (including phenoxy) is 2. The number of halogens is 1. The van der Waals surface area contributed by atoms with Crippen molar-refractivity contribution in [3.8, 4) is 11.5 Å². The lowest BCUT2D eigenvalue weighted by Crippen LogP contribution is -2.05. The molecule has 0 bridgehead atoms. The van der Waals surface area contributed by atoms with Crippen LogP contribution in [0.1, 0.15) is 23.8 Å². The van der Waals surface area contributed by atoms with E-state index in [1.165, 1.54) is 18.3 Å². The summed E-state index contributed by atoms with van der Waals surface area (Å²) in [7, 11) is 0. The van der Waals surface area contributed by atoms with Gasteiger partial charge in [-0.15, -0.1) is 0 Å². The zero-order valence-electron chi connectivity index (χ0n) is 10.8. The van der Waals surface area contributed by atoms with Gasteiger partial charge in [-0.1, -0.05) is 6.07 Å². The predicted molar refractivity (Wildman–Crippen MR) is 70.3 cm³/mol. The molecule has 1 atom stereocenters. The molecular formula is C15H14FNO3. The molecule has 1 unspecified atom stereocenters. The number of nitrogens with zero attached hydrogens (tertiary/aromatic N) is 1. The molecule has 2 aromatic rings. The van der Waals surface area contributed by atoms with Crippen molar-refractivity contribution in [2.24, 2.45) is 0 Å². The monoisotopic (exact) mass is 275 g/mol. The highest BCUT2D eigenvalue weighted by molar-refractivity contribution is 5.45. The van der Waals surface area contributed by atoms with Crippen molar-refractivity contribution in [1.82, 2.24) is 4.98 Å². The number of rotatable bonds is 2. The highest BCUT2D eigenvalue weighted by atomic mass is 19.1. The van der Waals surface area contributed by atoms with Gasteiger partial charge in [-0.2, -0.15) is 0 Å². The summed E-state index contributed by atoms with van der Waals surface area (Å²) in [5.74, 6) is 0.669. The Balaban J connectivity index is 1.94. The second kappa shape index (κ2) is 5.46. The van der Waals surface area contributed by atoms with Crippen LogP contribution in [0.15, 0.2) is 36.5 Å². The van der Waals surface area contributed by atoms with Crippen LogP contribution >= 0.6 is 0 Å². The summed E-state index contributed by atoms with van der Waals surface area (Å²) in [6, 6.07) is 7.83. The lowest BCUT2D eigenvalue weighted by atomic mass is 10.0. The van der Waals surface area contributed by atoms with Crippen LogP contribution in [0.3, 0.4) is 0 Å². The van der Waals surface area contributed by atoms with Crippen LogP contribution in [0.2, 0.25) is 0 Å². The Hall–Kier alpha value is -2.14. The fourth-order valence-corrected chi connectivity index (χ4v) is 2.11. The molecule has 1 aliphatic heterocycles. The van der Waals surface area contributed by atoms with Crippen molar-refractivity contribution in [2.75, 3.05) is 13.2 Å². The molecule has 0 saturated heterocycles. The highest BCUT2D eigenvalue weighted by Crippen LogP contribution is 2.33. The van der Waals surface area contributed by atoms with E-state index in [4.69, 9.17) is 9.47 Å². The van der Waals surface area contributed by atoms with Crippen LogP contribution in [0.4, 0.5) is 4.39 Å². The SMILES string of the molecule is OC(c1ccc2c(c1)OCCCO2)c1ncccc1F. The maximum Gasteiger partial charge on any atom is 0.161 e. The minimum Gasteiger partial charge on any atom is -0.490 e. The Morgan fingerprint density at radius 3 is 2.75 bits per heavy atom. The molecule has 1 aliphatic rings. The Kier molecular flexibility index (Phi) is 3.52. The third kappa shape index (κ3) is 2.44. The maximum absolute atomic E-state index is 13.7. The van der Waals surface area contributed by atoms with Gasteiger partial charge in [-0.3, -0.25) is 4.98 Å². The van der Waals surface area contributed by atoms with Crippen molar-refractivity contribution in [3.63, 3.8) is 0 Å². The normalized spacial score (nSPS) is 15.5. The Morgan fingerprint density at radius 1 is 1.15 bits per heavy atom. The van der Waals surface area contributed by atoms with E-state index in [2.05, 4.69) is 4.98 Å². The number of hydrogen-bond acceptors (Lipinski definition) is 4. The lowest BCUT2D eigenvalue weighted by molar-refractivity contribution is 0.208. The van der Waals surface area contributed by atoms with E-state index in [0.717, 1.165) is 6.42 Å². The van der Waals surface area contributed by atoms with Gasteiger partial charge < -0.3 is 14.6 Å². The molecule has 0 saturated carbocycles. The van der Waals surface area contributed by atoms with Crippen molar-refractivity contribution in [1.29, 1.82) is 0 Å². The second-order valence-electron chi connectivity index (χ2n) is 4.53. The zero-order chi connectivity index (χ0) is 13.9. The third-order valence-electron chi connectivity index (χ3n) is 3.13. The molecule has 2 heterocycles. The molecule has 1 aromatic heterocycles. The van der Waals surface area contributed by atoms with E-state index in [1.54, 1.807) is 18.2 Å². The summed E-state index contributed by atoms with van der Waals surface area (Å²) in [4.78, 5) is 3.89. The van der Waals surface area contributed by atoms with E-state index in [9.17, 15) is 9.50 Å². The molecule has 4 nitrogen and oxygen atoms in total. The standard InChI is InChI=1S/C15H14FNO3/c16-11-3-1-6-17-14(11)15(18)10-4-5-12-13(9-10)20-8-2-7-19-12/h1,3-6,9,15,18H,2,7-8H2. The number of pyridine rings is 1. The molecule has 0 aliphatic carbocycles. The third-order valence-corrected chi connectivity index (χ3v) is 3.13. The Morgan fingerprint density at radius 2 is 1.95 bits per heavy atom. The molecule has 3 rings (SSSR count). The van der Waals surface area contributed by atoms with Crippen LogP contribution in [0.5, 0.6) is 11.5 Å². The number of hydrogen-bond donors (Lipinski definition) is 1. The molecule has 0 spiro atoms. The number of aromatic nitrogens is 1. The maximum atomic E-state index is 13.7. The van der Waals surface area contributed by atoms with Crippen molar-refractivity contribution in [2.45, 2.75) is 12.5 Å². The van der Waals surface area contributed by atoms with Crippen LogP contribution in [0.25, 0.3) is 0 Å². The first-order valence-corrected chi connectivity index (χ1v) is 6.44. The molecular weight excluding hydrogens is 261 g/mol. The molecule has 0 fully saturated rings. The molecule has 20 heavy (non-hydrogen) atoms. The highest BCUT2D eigenvalue weighted by Gasteiger charge is 2.19. The summed E-state index contributed by atoms with van der Waals surface area (Å²) in [5, 5.41) is 10.2. The topological polar surface area (TPSA) is 51.6 Å². The number of fused-ring (bicyclic) bond motifs is 1. The molecule has 5 heteroatoms. The Bertz CT molecular complexity index is 618. The van der Waals surface area contributed by atoms with Crippen LogP contribution in [-0.4, -0.2) is 23.3 Å². The van der Waals surface area contributed by atoms with E-state index in [-0.39, 0.29) is 5.69 Å². The summed E-state index contributed by atoms with van der Waals surface area (Å²) >= 11 is 0. The zero-order valence-corrected chi connectivity index (χ0v) is 10.8. The van der Waals surface area contributed by atoms with Crippen molar-refractivity contribution in [3.05, 3.63) is 53.6 Å². The molecule has 0 amide bonds. The van der Waals surface area contributed by atoms with Crippen molar-refractivity contribution >= 4 is 0 Å². The van der Waals surface area contributed by atoms with Gasteiger partial charge in [0.2, 0.25) is 0 Å². The number of benzene rings is 1. The van der Waals surface area contributed by atoms with Crippen LogP contribution < -0.4 is 9.47 Å². The van der Waals surface area contributed by atoms with E-state index in [1.807, 2.05) is 0 Å². The fraction of sp³-hybridized carbons (Fsp3) is 0.267. The largest absolute Gasteiger partial charge is 0.490 e.